The lowest BCUT2D eigenvalue weighted by Gasteiger charge is -2.10. The third-order valence-electron chi connectivity index (χ3n) is 3.15. The van der Waals surface area contributed by atoms with Gasteiger partial charge in [0.15, 0.2) is 0 Å². The summed E-state index contributed by atoms with van der Waals surface area (Å²) in [7, 11) is 0. The second kappa shape index (κ2) is 7.78. The summed E-state index contributed by atoms with van der Waals surface area (Å²) < 4.78 is 11.4. The molecule has 0 bridgehead atoms. The number of ether oxygens (including phenoxy) is 1. The smallest absolute Gasteiger partial charge is 0.247 e. The van der Waals surface area contributed by atoms with Gasteiger partial charge in [0.1, 0.15) is 5.75 Å². The summed E-state index contributed by atoms with van der Waals surface area (Å²) in [6.07, 6.45) is 1.89. The van der Waals surface area contributed by atoms with E-state index in [0.29, 0.717) is 18.4 Å². The molecule has 0 amide bonds. The Hall–Kier alpha value is -1.88. The van der Waals surface area contributed by atoms with Crippen molar-refractivity contribution in [3.05, 3.63) is 30.2 Å². The molecule has 1 heterocycles. The minimum absolute atomic E-state index is 0.107. The molecule has 0 aliphatic carbocycles. The topological polar surface area (TPSA) is 60.2 Å². The molecule has 5 heteroatoms. The fourth-order valence-electron chi connectivity index (χ4n) is 2.08. The fraction of sp³-hybridized carbons (Fsp3) is 0.500. The van der Waals surface area contributed by atoms with E-state index in [1.54, 1.807) is 0 Å². The van der Waals surface area contributed by atoms with E-state index in [1.807, 2.05) is 24.3 Å². The predicted octanol–water partition coefficient (Wildman–Crippen LogP) is 3.59. The Kier molecular flexibility index (Phi) is 5.75. The Bertz CT molecular complexity index is 554. The zero-order valence-corrected chi connectivity index (χ0v) is 12.9. The zero-order valence-electron chi connectivity index (χ0n) is 12.9. The molecular formula is C16H23N3O2. The van der Waals surface area contributed by atoms with Crippen molar-refractivity contribution in [1.29, 1.82) is 0 Å². The molecule has 0 aliphatic heterocycles. The van der Waals surface area contributed by atoms with Gasteiger partial charge in [0.2, 0.25) is 11.8 Å². The number of aromatic nitrogens is 2. The maximum absolute atomic E-state index is 5.79. The van der Waals surface area contributed by atoms with Crippen LogP contribution in [-0.2, 0) is 0 Å². The molecule has 114 valence electrons. The maximum atomic E-state index is 5.79. The maximum Gasteiger partial charge on any atom is 0.247 e. The van der Waals surface area contributed by atoms with Crippen LogP contribution in [0, 0.1) is 0 Å². The molecule has 21 heavy (non-hydrogen) atoms. The monoisotopic (exact) mass is 289 g/mol. The van der Waals surface area contributed by atoms with Gasteiger partial charge >= 0.3 is 0 Å². The summed E-state index contributed by atoms with van der Waals surface area (Å²) in [6, 6.07) is 7.86. The van der Waals surface area contributed by atoms with Gasteiger partial charge in [-0.3, -0.25) is 0 Å². The molecule has 1 aromatic heterocycles. The lowest BCUT2D eigenvalue weighted by molar-refractivity contribution is 0.317. The van der Waals surface area contributed by atoms with Crippen LogP contribution in [0.3, 0.4) is 0 Å². The SMILES string of the molecule is CCCOc1cccc(-c2nnc(C(CC)NCC)o2)c1. The summed E-state index contributed by atoms with van der Waals surface area (Å²) in [5.74, 6) is 1.99. The van der Waals surface area contributed by atoms with Crippen molar-refractivity contribution in [2.24, 2.45) is 0 Å². The molecule has 0 aliphatic rings. The minimum Gasteiger partial charge on any atom is -0.494 e. The highest BCUT2D eigenvalue weighted by Gasteiger charge is 2.16. The molecule has 0 radical (unpaired) electrons. The van der Waals surface area contributed by atoms with E-state index in [1.165, 1.54) is 0 Å². The number of nitrogens with one attached hydrogen (secondary N) is 1. The lowest BCUT2D eigenvalue weighted by Crippen LogP contribution is -2.20. The van der Waals surface area contributed by atoms with Crippen molar-refractivity contribution in [3.63, 3.8) is 0 Å². The molecule has 0 spiro atoms. The number of nitrogens with zero attached hydrogens (tertiary/aromatic N) is 2. The largest absolute Gasteiger partial charge is 0.494 e. The summed E-state index contributed by atoms with van der Waals surface area (Å²) >= 11 is 0. The van der Waals surface area contributed by atoms with Gasteiger partial charge in [-0.15, -0.1) is 10.2 Å². The standard InChI is InChI=1S/C16H23N3O2/c1-4-10-20-13-9-7-8-12(11-13)15-18-19-16(21-15)14(5-2)17-6-3/h7-9,11,14,17H,4-6,10H2,1-3H3. The van der Waals surface area contributed by atoms with Gasteiger partial charge in [0, 0.05) is 5.56 Å². The molecule has 5 nitrogen and oxygen atoms in total. The van der Waals surface area contributed by atoms with Crippen molar-refractivity contribution < 1.29 is 9.15 Å². The van der Waals surface area contributed by atoms with Crippen LogP contribution in [0.4, 0.5) is 0 Å². The molecule has 0 fully saturated rings. The first-order chi connectivity index (χ1) is 10.3. The second-order valence-electron chi connectivity index (χ2n) is 4.84. The van der Waals surface area contributed by atoms with Gasteiger partial charge in [-0.05, 0) is 37.6 Å². The van der Waals surface area contributed by atoms with Crippen LogP contribution in [0.25, 0.3) is 11.5 Å². The Labute approximate surface area is 125 Å². The van der Waals surface area contributed by atoms with Crippen LogP contribution >= 0.6 is 0 Å². The van der Waals surface area contributed by atoms with Crippen LogP contribution in [0.1, 0.15) is 45.5 Å². The summed E-state index contributed by atoms with van der Waals surface area (Å²) in [5.41, 5.74) is 0.883. The van der Waals surface area contributed by atoms with Gasteiger partial charge in [0.25, 0.3) is 0 Å². The van der Waals surface area contributed by atoms with E-state index in [-0.39, 0.29) is 6.04 Å². The van der Waals surface area contributed by atoms with E-state index < -0.39 is 0 Å². The molecule has 1 unspecified atom stereocenters. The van der Waals surface area contributed by atoms with Crippen molar-refractivity contribution >= 4 is 0 Å². The van der Waals surface area contributed by atoms with Crippen LogP contribution in [-0.4, -0.2) is 23.3 Å². The molecule has 2 rings (SSSR count). The molecular weight excluding hydrogens is 266 g/mol. The van der Waals surface area contributed by atoms with Crippen molar-refractivity contribution in [1.82, 2.24) is 15.5 Å². The summed E-state index contributed by atoms with van der Waals surface area (Å²) in [6.45, 7) is 7.82. The third kappa shape index (κ3) is 4.04. The van der Waals surface area contributed by atoms with Crippen LogP contribution < -0.4 is 10.1 Å². The van der Waals surface area contributed by atoms with Gasteiger partial charge < -0.3 is 14.5 Å². The van der Waals surface area contributed by atoms with Gasteiger partial charge in [-0.2, -0.15) is 0 Å². The summed E-state index contributed by atoms with van der Waals surface area (Å²) in [4.78, 5) is 0. The first kappa shape index (κ1) is 15.5. The van der Waals surface area contributed by atoms with Crippen molar-refractivity contribution in [2.45, 2.75) is 39.7 Å². The average Bonchev–Trinajstić information content (AvgIpc) is 3.00. The number of hydrogen-bond acceptors (Lipinski definition) is 5. The normalized spacial score (nSPS) is 12.3. The highest BCUT2D eigenvalue weighted by molar-refractivity contribution is 5.55. The fourth-order valence-corrected chi connectivity index (χ4v) is 2.08. The number of hydrogen-bond donors (Lipinski definition) is 1. The first-order valence-electron chi connectivity index (χ1n) is 7.58. The Morgan fingerprint density at radius 3 is 2.81 bits per heavy atom. The summed E-state index contributed by atoms with van der Waals surface area (Å²) in [5, 5.41) is 11.6. The average molecular weight is 289 g/mol. The molecule has 0 saturated heterocycles. The predicted molar refractivity (Wildman–Crippen MR) is 82.2 cm³/mol. The molecule has 1 N–H and O–H groups in total. The van der Waals surface area contributed by atoms with Crippen LogP contribution in [0.15, 0.2) is 28.7 Å². The highest BCUT2D eigenvalue weighted by atomic mass is 16.5. The zero-order chi connectivity index (χ0) is 15.1. The Balaban J connectivity index is 2.16. The Morgan fingerprint density at radius 1 is 1.24 bits per heavy atom. The van der Waals surface area contributed by atoms with Crippen molar-refractivity contribution in [3.8, 4) is 17.2 Å². The highest BCUT2D eigenvalue weighted by Crippen LogP contribution is 2.25. The van der Waals surface area contributed by atoms with Gasteiger partial charge in [0.05, 0.1) is 12.6 Å². The minimum atomic E-state index is 0.107. The van der Waals surface area contributed by atoms with Crippen molar-refractivity contribution in [2.75, 3.05) is 13.2 Å². The molecule has 1 aromatic carbocycles. The molecule has 2 aromatic rings. The lowest BCUT2D eigenvalue weighted by atomic mass is 10.2. The third-order valence-corrected chi connectivity index (χ3v) is 3.15. The van der Waals surface area contributed by atoms with E-state index in [4.69, 9.17) is 9.15 Å². The van der Waals surface area contributed by atoms with Gasteiger partial charge in [-0.1, -0.05) is 26.8 Å². The molecule has 0 saturated carbocycles. The van der Waals surface area contributed by atoms with Crippen LogP contribution in [0.5, 0.6) is 5.75 Å². The van der Waals surface area contributed by atoms with E-state index in [9.17, 15) is 0 Å². The second-order valence-corrected chi connectivity index (χ2v) is 4.84. The van der Waals surface area contributed by atoms with Crippen LogP contribution in [0.2, 0.25) is 0 Å². The quantitative estimate of drug-likeness (QED) is 0.804. The molecule has 1 atom stereocenters. The number of rotatable bonds is 8. The van der Waals surface area contributed by atoms with E-state index in [2.05, 4.69) is 36.3 Å². The Morgan fingerprint density at radius 2 is 2.10 bits per heavy atom. The van der Waals surface area contributed by atoms with E-state index >= 15 is 0 Å². The van der Waals surface area contributed by atoms with E-state index in [0.717, 1.165) is 30.7 Å². The van der Waals surface area contributed by atoms with Gasteiger partial charge in [-0.25, -0.2) is 0 Å². The first-order valence-corrected chi connectivity index (χ1v) is 7.58. The number of benzene rings is 1.